The van der Waals surface area contributed by atoms with Gasteiger partial charge in [-0.05, 0) is 67.5 Å². The van der Waals surface area contributed by atoms with E-state index in [0.717, 1.165) is 33.1 Å². The molecule has 4 rings (SSSR count). The summed E-state index contributed by atoms with van der Waals surface area (Å²) in [5.74, 6) is 3.77. The number of aliphatic imine (C=N–C) groups is 1. The van der Waals surface area contributed by atoms with Crippen molar-refractivity contribution in [2.24, 2.45) is 23.9 Å². The minimum absolute atomic E-state index is 0.115. The molecule has 0 aromatic carbocycles. The molecule has 1 aromatic heterocycles. The van der Waals surface area contributed by atoms with Crippen LogP contribution in [-0.2, 0) is 7.05 Å². The molecule has 2 fully saturated rings. The lowest BCUT2D eigenvalue weighted by atomic mass is 9.95. The summed E-state index contributed by atoms with van der Waals surface area (Å²) in [7, 11) is 6.31. The minimum atomic E-state index is 0.115. The van der Waals surface area contributed by atoms with E-state index in [1.807, 2.05) is 0 Å². The van der Waals surface area contributed by atoms with Gasteiger partial charge in [0.05, 0.1) is 0 Å². The van der Waals surface area contributed by atoms with Gasteiger partial charge < -0.3 is 9.80 Å². The average Bonchev–Trinajstić information content (AvgIpc) is 3.26. The first kappa shape index (κ1) is 17.6. The number of nitrogens with one attached hydrogen (secondary N) is 1. The molecule has 2 saturated carbocycles. The van der Waals surface area contributed by atoms with Gasteiger partial charge in [0.1, 0.15) is 11.9 Å². The third kappa shape index (κ3) is 2.87. The summed E-state index contributed by atoms with van der Waals surface area (Å²) in [4.78, 5) is 14.3. The highest BCUT2D eigenvalue weighted by molar-refractivity contribution is 14.1. The van der Waals surface area contributed by atoms with Gasteiger partial charge in [0.15, 0.2) is 9.66 Å². The summed E-state index contributed by atoms with van der Waals surface area (Å²) in [5.41, 5.74) is 1.07. The Hall–Kier alpha value is -0.830. The van der Waals surface area contributed by atoms with E-state index >= 15 is 0 Å². The smallest absolute Gasteiger partial charge is 0.207 e. The SMILES string of the molecule is CC(C)N(C)c1nc2c(n1C)N=C(I)N(C)C2NC1CC2CCC1C2. The normalized spacial score (nSPS) is 30.8. The zero-order chi connectivity index (χ0) is 17.9. The molecule has 7 heteroatoms. The van der Waals surface area contributed by atoms with Crippen molar-refractivity contribution in [1.82, 2.24) is 19.8 Å². The zero-order valence-corrected chi connectivity index (χ0v) is 18.0. The summed E-state index contributed by atoms with van der Waals surface area (Å²) < 4.78 is 3.16. The van der Waals surface area contributed by atoms with E-state index in [4.69, 9.17) is 9.98 Å². The van der Waals surface area contributed by atoms with Crippen LogP contribution in [0.1, 0.15) is 51.4 Å². The molecular weight excluding hydrogens is 427 g/mol. The van der Waals surface area contributed by atoms with Crippen molar-refractivity contribution in [3.05, 3.63) is 5.69 Å². The van der Waals surface area contributed by atoms with E-state index < -0.39 is 0 Å². The molecule has 138 valence electrons. The zero-order valence-electron chi connectivity index (χ0n) is 15.8. The molecule has 0 spiro atoms. The Morgan fingerprint density at radius 1 is 1.24 bits per heavy atom. The van der Waals surface area contributed by atoms with E-state index in [2.05, 4.69) is 77.3 Å². The van der Waals surface area contributed by atoms with Crippen molar-refractivity contribution in [3.8, 4) is 0 Å². The van der Waals surface area contributed by atoms with Crippen LogP contribution in [0, 0.1) is 11.8 Å². The summed E-state index contributed by atoms with van der Waals surface area (Å²) in [5, 5.41) is 3.94. The number of fused-ring (bicyclic) bond motifs is 3. The number of amidine groups is 1. The molecule has 1 aliphatic heterocycles. The van der Waals surface area contributed by atoms with Crippen LogP contribution in [0.3, 0.4) is 0 Å². The maximum Gasteiger partial charge on any atom is 0.207 e. The molecule has 6 nitrogen and oxygen atoms in total. The maximum absolute atomic E-state index is 5.02. The summed E-state index contributed by atoms with van der Waals surface area (Å²) in [6.45, 7) is 4.38. The summed E-state index contributed by atoms with van der Waals surface area (Å²) in [6, 6.07) is 1.02. The topological polar surface area (TPSA) is 48.7 Å². The molecule has 0 amide bonds. The van der Waals surface area contributed by atoms with Crippen LogP contribution in [0.25, 0.3) is 0 Å². The molecule has 25 heavy (non-hydrogen) atoms. The second-order valence-electron chi connectivity index (χ2n) is 8.23. The number of aromatic nitrogens is 2. The molecule has 1 aromatic rings. The largest absolute Gasteiger partial charge is 0.343 e. The molecule has 4 atom stereocenters. The quantitative estimate of drug-likeness (QED) is 0.558. The van der Waals surface area contributed by atoms with E-state index in [9.17, 15) is 0 Å². The highest BCUT2D eigenvalue weighted by Gasteiger charge is 2.42. The first-order valence-electron chi connectivity index (χ1n) is 9.39. The average molecular weight is 456 g/mol. The lowest BCUT2D eigenvalue weighted by Crippen LogP contribution is -2.46. The highest BCUT2D eigenvalue weighted by Crippen LogP contribution is 2.46. The van der Waals surface area contributed by atoms with Gasteiger partial charge in [-0.3, -0.25) is 9.88 Å². The molecule has 4 unspecified atom stereocenters. The van der Waals surface area contributed by atoms with Gasteiger partial charge in [-0.2, -0.15) is 0 Å². The van der Waals surface area contributed by atoms with E-state index in [-0.39, 0.29) is 6.17 Å². The van der Waals surface area contributed by atoms with Crippen LogP contribution in [-0.4, -0.2) is 44.5 Å². The van der Waals surface area contributed by atoms with Crippen molar-refractivity contribution < 1.29 is 0 Å². The number of rotatable bonds is 4. The van der Waals surface area contributed by atoms with Crippen molar-refractivity contribution in [2.45, 2.75) is 57.8 Å². The van der Waals surface area contributed by atoms with Crippen LogP contribution < -0.4 is 10.2 Å². The van der Waals surface area contributed by atoms with Crippen LogP contribution in [0.15, 0.2) is 4.99 Å². The predicted molar refractivity (Wildman–Crippen MR) is 111 cm³/mol. The van der Waals surface area contributed by atoms with Gasteiger partial charge in [-0.25, -0.2) is 9.98 Å². The Labute approximate surface area is 164 Å². The standard InChI is InChI=1S/C18H29IN6/c1-10(2)23(3)18-21-14-15(20-13-9-11-6-7-12(13)8-11)24(4)17(19)22-16(14)25(18)5/h10-13,15,20H,6-9H2,1-5H3. The Morgan fingerprint density at radius 3 is 2.60 bits per heavy atom. The van der Waals surface area contributed by atoms with Gasteiger partial charge in [0, 0.05) is 33.2 Å². The van der Waals surface area contributed by atoms with Gasteiger partial charge in [-0.15, -0.1) is 0 Å². The third-order valence-electron chi connectivity index (χ3n) is 6.40. The molecule has 2 bridgehead atoms. The van der Waals surface area contributed by atoms with Crippen molar-refractivity contribution in [2.75, 3.05) is 19.0 Å². The Balaban J connectivity index is 1.67. The van der Waals surface area contributed by atoms with Crippen LogP contribution in [0.4, 0.5) is 11.8 Å². The van der Waals surface area contributed by atoms with Gasteiger partial charge in [0.2, 0.25) is 5.95 Å². The molecule has 0 radical (unpaired) electrons. The number of hydrogen-bond donors (Lipinski definition) is 1. The second-order valence-corrected chi connectivity index (χ2v) is 9.19. The Morgan fingerprint density at radius 2 is 2.00 bits per heavy atom. The molecule has 1 N–H and O–H groups in total. The lowest BCUT2D eigenvalue weighted by molar-refractivity contribution is 0.234. The fourth-order valence-electron chi connectivity index (χ4n) is 4.66. The number of nitrogens with zero attached hydrogens (tertiary/aromatic N) is 5. The second kappa shape index (κ2) is 6.40. The number of imidazole rings is 1. The summed E-state index contributed by atoms with van der Waals surface area (Å²) >= 11 is 2.34. The van der Waals surface area contributed by atoms with Crippen molar-refractivity contribution in [1.29, 1.82) is 0 Å². The third-order valence-corrected chi connectivity index (χ3v) is 7.41. The maximum atomic E-state index is 5.02. The van der Waals surface area contributed by atoms with Gasteiger partial charge in [-0.1, -0.05) is 6.42 Å². The van der Waals surface area contributed by atoms with Crippen molar-refractivity contribution in [3.63, 3.8) is 0 Å². The molecule has 0 saturated heterocycles. The Kier molecular flexibility index (Phi) is 4.50. The van der Waals surface area contributed by atoms with E-state index in [1.165, 1.54) is 25.7 Å². The Bertz CT molecular complexity index is 696. The van der Waals surface area contributed by atoms with Gasteiger partial charge in [0.25, 0.3) is 0 Å². The molecule has 2 aliphatic carbocycles. The van der Waals surface area contributed by atoms with Crippen LogP contribution in [0.5, 0.6) is 0 Å². The fourth-order valence-corrected chi connectivity index (χ4v) is 5.17. The highest BCUT2D eigenvalue weighted by atomic mass is 127. The first-order chi connectivity index (χ1) is 11.9. The number of hydrogen-bond acceptors (Lipinski definition) is 5. The van der Waals surface area contributed by atoms with E-state index in [1.54, 1.807) is 0 Å². The molecular formula is C18H29IN6. The van der Waals surface area contributed by atoms with Crippen molar-refractivity contribution >= 4 is 38.2 Å². The molecule has 3 aliphatic rings. The molecule has 2 heterocycles. The van der Waals surface area contributed by atoms with E-state index in [0.29, 0.717) is 12.1 Å². The summed E-state index contributed by atoms with van der Waals surface area (Å²) in [6.07, 6.45) is 5.67. The minimum Gasteiger partial charge on any atom is -0.343 e. The first-order valence-corrected chi connectivity index (χ1v) is 10.5. The number of anilines is 1. The lowest BCUT2D eigenvalue weighted by Gasteiger charge is -2.36. The van der Waals surface area contributed by atoms with Crippen LogP contribution in [0.2, 0.25) is 0 Å². The predicted octanol–water partition coefficient (Wildman–Crippen LogP) is 3.41. The number of halogens is 1. The monoisotopic (exact) mass is 456 g/mol. The fraction of sp³-hybridized carbons (Fsp3) is 0.778. The van der Waals surface area contributed by atoms with Crippen LogP contribution >= 0.6 is 22.6 Å². The van der Waals surface area contributed by atoms with Gasteiger partial charge >= 0.3 is 0 Å².